The van der Waals surface area contributed by atoms with Crippen LogP contribution in [0.4, 0.5) is 0 Å². The maximum atomic E-state index is 11.3. The average Bonchev–Trinajstić information content (AvgIpc) is 2.29. The molecule has 0 saturated carbocycles. The van der Waals surface area contributed by atoms with Crippen LogP contribution in [-0.4, -0.2) is 19.6 Å². The van der Waals surface area contributed by atoms with Crippen LogP contribution in [-0.2, 0) is 0 Å². The van der Waals surface area contributed by atoms with E-state index in [4.69, 9.17) is 0 Å². The Morgan fingerprint density at radius 3 is 2.92 bits per heavy atom. The molecule has 0 radical (unpaired) electrons. The molecule has 1 N–H and O–H groups in total. The van der Waals surface area contributed by atoms with E-state index in [0.29, 0.717) is 11.2 Å². The quantitative estimate of drug-likeness (QED) is 0.597. The van der Waals surface area contributed by atoms with Gasteiger partial charge in [-0.1, -0.05) is 0 Å². The molecule has 0 aromatic carbocycles. The Bertz CT molecular complexity index is 482. The van der Waals surface area contributed by atoms with Gasteiger partial charge < -0.3 is 4.98 Å². The minimum atomic E-state index is -0.150. The first-order valence-corrected chi connectivity index (χ1v) is 3.60. The van der Waals surface area contributed by atoms with Crippen molar-refractivity contribution >= 4 is 5.52 Å². The van der Waals surface area contributed by atoms with E-state index in [1.54, 1.807) is 6.92 Å². The summed E-state index contributed by atoms with van der Waals surface area (Å²) in [6.07, 6.45) is 1.36. The lowest BCUT2D eigenvalue weighted by atomic mass is 10.4. The van der Waals surface area contributed by atoms with Crippen molar-refractivity contribution in [2.24, 2.45) is 0 Å². The summed E-state index contributed by atoms with van der Waals surface area (Å²) in [5.41, 5.74) is 1.08. The zero-order chi connectivity index (χ0) is 8.72. The SMILES string of the molecule is Cc1nc(C)n2nc[nH]c(=O)c12. The van der Waals surface area contributed by atoms with Gasteiger partial charge in [0.1, 0.15) is 12.2 Å². The standard InChI is InChI=1S/C7H8N4O/c1-4-6-7(12)8-3-9-11(6)5(2)10-4/h3H,1-2H3,(H,8,9,12). The molecule has 0 amide bonds. The van der Waals surface area contributed by atoms with Gasteiger partial charge in [0, 0.05) is 0 Å². The fraction of sp³-hybridized carbons (Fsp3) is 0.286. The normalized spacial score (nSPS) is 10.8. The summed E-state index contributed by atoms with van der Waals surface area (Å²) in [6.45, 7) is 3.60. The Labute approximate surface area is 68.1 Å². The number of imidazole rings is 1. The first-order chi connectivity index (χ1) is 5.70. The lowest BCUT2D eigenvalue weighted by molar-refractivity contribution is 0.842. The Morgan fingerprint density at radius 2 is 2.25 bits per heavy atom. The van der Waals surface area contributed by atoms with Crippen LogP contribution in [0, 0.1) is 13.8 Å². The summed E-state index contributed by atoms with van der Waals surface area (Å²) >= 11 is 0. The average molecular weight is 164 g/mol. The van der Waals surface area contributed by atoms with Gasteiger partial charge >= 0.3 is 0 Å². The van der Waals surface area contributed by atoms with E-state index in [2.05, 4.69) is 15.1 Å². The summed E-state index contributed by atoms with van der Waals surface area (Å²) in [5, 5.41) is 3.96. The topological polar surface area (TPSA) is 63.1 Å². The number of hydrogen-bond donors (Lipinski definition) is 1. The van der Waals surface area contributed by atoms with Crippen LogP contribution in [0.2, 0.25) is 0 Å². The molecule has 0 fully saturated rings. The van der Waals surface area contributed by atoms with Crippen molar-refractivity contribution < 1.29 is 0 Å². The maximum Gasteiger partial charge on any atom is 0.277 e. The van der Waals surface area contributed by atoms with Crippen molar-refractivity contribution in [1.82, 2.24) is 19.6 Å². The van der Waals surface area contributed by atoms with Crippen LogP contribution in [0.5, 0.6) is 0 Å². The van der Waals surface area contributed by atoms with Crippen LogP contribution in [0.25, 0.3) is 5.52 Å². The largest absolute Gasteiger partial charge is 0.310 e. The Balaban J connectivity index is 3.09. The van der Waals surface area contributed by atoms with Crippen LogP contribution in [0.1, 0.15) is 11.5 Å². The molecule has 5 nitrogen and oxygen atoms in total. The number of rotatable bonds is 0. The van der Waals surface area contributed by atoms with Gasteiger partial charge in [-0.05, 0) is 13.8 Å². The Hall–Kier alpha value is -1.65. The summed E-state index contributed by atoms with van der Waals surface area (Å²) in [5.74, 6) is 0.730. The van der Waals surface area contributed by atoms with E-state index in [-0.39, 0.29) is 5.56 Å². The molecule has 0 spiro atoms. The van der Waals surface area contributed by atoms with E-state index in [1.807, 2.05) is 6.92 Å². The zero-order valence-corrected chi connectivity index (χ0v) is 6.83. The highest BCUT2D eigenvalue weighted by Gasteiger charge is 2.07. The highest BCUT2D eigenvalue weighted by molar-refractivity contribution is 5.48. The highest BCUT2D eigenvalue weighted by atomic mass is 16.1. The van der Waals surface area contributed by atoms with E-state index in [1.165, 1.54) is 10.8 Å². The molecule has 0 bridgehead atoms. The maximum absolute atomic E-state index is 11.3. The van der Waals surface area contributed by atoms with E-state index in [0.717, 1.165) is 5.82 Å². The van der Waals surface area contributed by atoms with Crippen molar-refractivity contribution in [2.75, 3.05) is 0 Å². The van der Waals surface area contributed by atoms with Crippen LogP contribution in [0.3, 0.4) is 0 Å². The van der Waals surface area contributed by atoms with E-state index < -0.39 is 0 Å². The van der Waals surface area contributed by atoms with Gasteiger partial charge in [0.15, 0.2) is 5.52 Å². The number of aromatic nitrogens is 4. The fourth-order valence-electron chi connectivity index (χ4n) is 1.27. The van der Waals surface area contributed by atoms with Gasteiger partial charge in [0.05, 0.1) is 5.69 Å². The molecule has 0 unspecified atom stereocenters. The minimum Gasteiger partial charge on any atom is -0.310 e. The van der Waals surface area contributed by atoms with Crippen molar-refractivity contribution in [2.45, 2.75) is 13.8 Å². The fourth-order valence-corrected chi connectivity index (χ4v) is 1.27. The molecule has 0 saturated heterocycles. The smallest absolute Gasteiger partial charge is 0.277 e. The van der Waals surface area contributed by atoms with Crippen molar-refractivity contribution in [3.05, 3.63) is 28.2 Å². The zero-order valence-electron chi connectivity index (χ0n) is 6.83. The van der Waals surface area contributed by atoms with Crippen molar-refractivity contribution in [1.29, 1.82) is 0 Å². The van der Waals surface area contributed by atoms with Gasteiger partial charge in [-0.2, -0.15) is 5.10 Å². The summed E-state index contributed by atoms with van der Waals surface area (Å²) in [7, 11) is 0. The molecule has 2 aromatic heterocycles. The number of aryl methyl sites for hydroxylation is 2. The van der Waals surface area contributed by atoms with Crippen LogP contribution < -0.4 is 5.56 Å². The van der Waals surface area contributed by atoms with Crippen molar-refractivity contribution in [3.8, 4) is 0 Å². The number of nitrogens with zero attached hydrogens (tertiary/aromatic N) is 3. The third-order valence-corrected chi connectivity index (χ3v) is 1.77. The summed E-state index contributed by atoms with van der Waals surface area (Å²) in [4.78, 5) is 17.9. The second kappa shape index (κ2) is 2.17. The minimum absolute atomic E-state index is 0.150. The van der Waals surface area contributed by atoms with Crippen LogP contribution >= 0.6 is 0 Å². The monoisotopic (exact) mass is 164 g/mol. The number of fused-ring (bicyclic) bond motifs is 1. The molecule has 12 heavy (non-hydrogen) atoms. The number of hydrogen-bond acceptors (Lipinski definition) is 3. The number of nitrogens with one attached hydrogen (secondary N) is 1. The third kappa shape index (κ3) is 0.761. The Kier molecular flexibility index (Phi) is 1.27. The molecular weight excluding hydrogens is 156 g/mol. The molecule has 2 rings (SSSR count). The summed E-state index contributed by atoms with van der Waals surface area (Å²) < 4.78 is 1.54. The van der Waals surface area contributed by atoms with E-state index >= 15 is 0 Å². The first kappa shape index (κ1) is 7.02. The molecule has 0 aliphatic rings. The van der Waals surface area contributed by atoms with E-state index in [9.17, 15) is 4.79 Å². The van der Waals surface area contributed by atoms with Gasteiger partial charge in [-0.15, -0.1) is 0 Å². The molecular formula is C7H8N4O. The molecule has 5 heteroatoms. The lowest BCUT2D eigenvalue weighted by Gasteiger charge is -1.91. The van der Waals surface area contributed by atoms with Gasteiger partial charge in [0.25, 0.3) is 5.56 Å². The number of aromatic amines is 1. The van der Waals surface area contributed by atoms with Gasteiger partial charge in [0.2, 0.25) is 0 Å². The predicted octanol–water partition coefficient (Wildman–Crippen LogP) is 0.0344. The van der Waals surface area contributed by atoms with Crippen LogP contribution in [0.15, 0.2) is 11.1 Å². The van der Waals surface area contributed by atoms with Gasteiger partial charge in [-0.25, -0.2) is 9.50 Å². The molecule has 62 valence electrons. The second-order valence-electron chi connectivity index (χ2n) is 2.62. The van der Waals surface area contributed by atoms with Crippen molar-refractivity contribution in [3.63, 3.8) is 0 Å². The molecule has 0 aliphatic carbocycles. The summed E-state index contributed by atoms with van der Waals surface area (Å²) in [6, 6.07) is 0. The highest BCUT2D eigenvalue weighted by Crippen LogP contribution is 2.03. The third-order valence-electron chi connectivity index (χ3n) is 1.77. The second-order valence-corrected chi connectivity index (χ2v) is 2.62. The molecule has 2 aromatic rings. The first-order valence-electron chi connectivity index (χ1n) is 3.60. The predicted molar refractivity (Wildman–Crippen MR) is 43.1 cm³/mol. The number of H-pyrrole nitrogens is 1. The lowest BCUT2D eigenvalue weighted by Crippen LogP contribution is -2.11. The molecule has 0 atom stereocenters. The molecule has 0 aliphatic heterocycles. The molecule has 2 heterocycles. The Morgan fingerprint density at radius 1 is 1.50 bits per heavy atom. The van der Waals surface area contributed by atoms with Gasteiger partial charge in [-0.3, -0.25) is 4.79 Å².